The second-order valence-corrected chi connectivity index (χ2v) is 7.77. The summed E-state index contributed by atoms with van der Waals surface area (Å²) in [5.41, 5.74) is 5.85. The molecule has 0 fully saturated rings. The Balaban J connectivity index is 1.57. The lowest BCUT2D eigenvalue weighted by Crippen LogP contribution is -2.27. The summed E-state index contributed by atoms with van der Waals surface area (Å²) >= 11 is 0. The van der Waals surface area contributed by atoms with E-state index in [0.717, 1.165) is 36.6 Å². The second kappa shape index (κ2) is 7.69. The van der Waals surface area contributed by atoms with Crippen molar-refractivity contribution < 1.29 is 4.74 Å². The van der Waals surface area contributed by atoms with Gasteiger partial charge in [-0.2, -0.15) is 0 Å². The molecule has 3 heteroatoms. The predicted molar refractivity (Wildman–Crippen MR) is 117 cm³/mol. The zero-order chi connectivity index (χ0) is 19.6. The SMILES string of the molecule is Cc1cccc2cc3c(nc12)O[C@H](c1ccccc1)CN(Cc1ccccc1)C3. The molecule has 3 aromatic carbocycles. The molecule has 0 radical (unpaired) electrons. The minimum atomic E-state index is -0.0462. The molecule has 1 atom stereocenters. The molecular formula is C26H24N2O. The van der Waals surface area contributed by atoms with Gasteiger partial charge in [-0.05, 0) is 29.7 Å². The fourth-order valence-corrected chi connectivity index (χ4v) is 4.10. The highest BCUT2D eigenvalue weighted by molar-refractivity contribution is 5.83. The molecule has 29 heavy (non-hydrogen) atoms. The van der Waals surface area contributed by atoms with Crippen molar-refractivity contribution in [2.45, 2.75) is 26.1 Å². The van der Waals surface area contributed by atoms with Crippen LogP contribution in [0, 0.1) is 6.92 Å². The van der Waals surface area contributed by atoms with Gasteiger partial charge in [0.25, 0.3) is 0 Å². The summed E-state index contributed by atoms with van der Waals surface area (Å²) in [6, 6.07) is 29.7. The minimum Gasteiger partial charge on any atom is -0.468 e. The van der Waals surface area contributed by atoms with Crippen LogP contribution in [-0.2, 0) is 13.1 Å². The number of ether oxygens (including phenoxy) is 1. The lowest BCUT2D eigenvalue weighted by atomic mass is 10.1. The first kappa shape index (κ1) is 17.9. The highest BCUT2D eigenvalue weighted by Gasteiger charge is 2.26. The van der Waals surface area contributed by atoms with E-state index in [9.17, 15) is 0 Å². The van der Waals surface area contributed by atoms with Gasteiger partial charge in [0.05, 0.1) is 5.52 Å². The third-order valence-electron chi connectivity index (χ3n) is 5.58. The third-order valence-corrected chi connectivity index (χ3v) is 5.58. The van der Waals surface area contributed by atoms with Gasteiger partial charge in [-0.3, -0.25) is 4.90 Å². The molecule has 0 unspecified atom stereocenters. The Hall–Kier alpha value is -3.17. The molecule has 1 aliphatic heterocycles. The van der Waals surface area contributed by atoms with E-state index in [1.54, 1.807) is 0 Å². The summed E-state index contributed by atoms with van der Waals surface area (Å²) in [4.78, 5) is 7.40. The van der Waals surface area contributed by atoms with Crippen molar-refractivity contribution in [1.29, 1.82) is 0 Å². The summed E-state index contributed by atoms with van der Waals surface area (Å²) in [7, 11) is 0. The van der Waals surface area contributed by atoms with Crippen LogP contribution < -0.4 is 4.74 Å². The average Bonchev–Trinajstić information content (AvgIpc) is 2.93. The number of rotatable bonds is 3. The zero-order valence-corrected chi connectivity index (χ0v) is 16.6. The van der Waals surface area contributed by atoms with Crippen LogP contribution >= 0.6 is 0 Å². The van der Waals surface area contributed by atoms with E-state index in [1.165, 1.54) is 22.1 Å². The number of pyridine rings is 1. The quantitative estimate of drug-likeness (QED) is 0.457. The average molecular weight is 380 g/mol. The van der Waals surface area contributed by atoms with Crippen molar-refractivity contribution in [3.05, 3.63) is 107 Å². The number of hydrogen-bond acceptors (Lipinski definition) is 3. The Bertz CT molecular complexity index is 1130. The number of aryl methyl sites for hydroxylation is 1. The summed E-state index contributed by atoms with van der Waals surface area (Å²) in [5, 5.41) is 1.17. The molecule has 0 spiro atoms. The molecule has 0 N–H and O–H groups in total. The molecule has 144 valence electrons. The number of aromatic nitrogens is 1. The van der Waals surface area contributed by atoms with Crippen molar-refractivity contribution in [1.82, 2.24) is 9.88 Å². The molecule has 0 saturated carbocycles. The maximum atomic E-state index is 6.52. The van der Waals surface area contributed by atoms with Crippen molar-refractivity contribution in [2.24, 2.45) is 0 Å². The van der Waals surface area contributed by atoms with Gasteiger partial charge in [0.15, 0.2) is 0 Å². The maximum absolute atomic E-state index is 6.52. The highest BCUT2D eigenvalue weighted by Crippen LogP contribution is 2.33. The van der Waals surface area contributed by atoms with Crippen molar-refractivity contribution in [3.63, 3.8) is 0 Å². The third kappa shape index (κ3) is 3.74. The molecule has 1 aliphatic rings. The minimum absolute atomic E-state index is 0.0462. The first-order chi connectivity index (χ1) is 14.3. The fraction of sp³-hybridized carbons (Fsp3) is 0.192. The van der Waals surface area contributed by atoms with Gasteiger partial charge < -0.3 is 4.74 Å². The van der Waals surface area contributed by atoms with Crippen LogP contribution in [0.25, 0.3) is 10.9 Å². The Morgan fingerprint density at radius 2 is 1.69 bits per heavy atom. The standard InChI is InChI=1S/C26H24N2O/c1-19-9-8-14-22-15-23-17-28(16-20-10-4-2-5-11-20)18-24(21-12-6-3-7-13-21)29-26(23)27-25(19)22/h2-15,24H,16-18H2,1H3/t24-/m0/s1. The molecule has 4 aromatic rings. The largest absolute Gasteiger partial charge is 0.468 e. The first-order valence-electron chi connectivity index (χ1n) is 10.1. The maximum Gasteiger partial charge on any atom is 0.219 e. The smallest absolute Gasteiger partial charge is 0.219 e. The number of fused-ring (bicyclic) bond motifs is 2. The Labute approximate surface area is 171 Å². The van der Waals surface area contributed by atoms with Crippen LogP contribution in [-0.4, -0.2) is 16.4 Å². The van der Waals surface area contributed by atoms with E-state index < -0.39 is 0 Å². The number of para-hydroxylation sites is 1. The lowest BCUT2D eigenvalue weighted by molar-refractivity contribution is 0.140. The van der Waals surface area contributed by atoms with Crippen molar-refractivity contribution >= 4 is 10.9 Å². The molecule has 0 saturated heterocycles. The van der Waals surface area contributed by atoms with E-state index in [1.807, 2.05) is 6.07 Å². The van der Waals surface area contributed by atoms with Gasteiger partial charge in [-0.15, -0.1) is 0 Å². The van der Waals surface area contributed by atoms with E-state index in [4.69, 9.17) is 9.72 Å². The van der Waals surface area contributed by atoms with Crippen LogP contribution in [0.2, 0.25) is 0 Å². The Morgan fingerprint density at radius 3 is 2.48 bits per heavy atom. The molecule has 2 heterocycles. The van der Waals surface area contributed by atoms with Crippen LogP contribution in [0.1, 0.15) is 28.4 Å². The predicted octanol–water partition coefficient (Wildman–Crippen LogP) is 5.68. The normalized spacial score (nSPS) is 16.8. The second-order valence-electron chi connectivity index (χ2n) is 7.77. The van der Waals surface area contributed by atoms with E-state index in [0.29, 0.717) is 0 Å². The van der Waals surface area contributed by atoms with E-state index in [-0.39, 0.29) is 6.10 Å². The van der Waals surface area contributed by atoms with Gasteiger partial charge in [-0.25, -0.2) is 4.98 Å². The van der Waals surface area contributed by atoms with Gasteiger partial charge in [0.2, 0.25) is 5.88 Å². The summed E-state index contributed by atoms with van der Waals surface area (Å²) in [6.07, 6.45) is -0.0462. The lowest BCUT2D eigenvalue weighted by Gasteiger charge is -2.24. The Kier molecular flexibility index (Phi) is 4.74. The molecule has 5 rings (SSSR count). The number of hydrogen-bond donors (Lipinski definition) is 0. The number of benzene rings is 3. The molecular weight excluding hydrogens is 356 g/mol. The van der Waals surface area contributed by atoms with Crippen LogP contribution in [0.3, 0.4) is 0 Å². The topological polar surface area (TPSA) is 25.4 Å². The molecule has 3 nitrogen and oxygen atoms in total. The van der Waals surface area contributed by atoms with Crippen molar-refractivity contribution in [3.8, 4) is 5.88 Å². The summed E-state index contributed by atoms with van der Waals surface area (Å²) < 4.78 is 6.52. The van der Waals surface area contributed by atoms with E-state index in [2.05, 4.69) is 90.7 Å². The summed E-state index contributed by atoms with van der Waals surface area (Å²) in [5.74, 6) is 0.760. The zero-order valence-electron chi connectivity index (χ0n) is 16.6. The summed E-state index contributed by atoms with van der Waals surface area (Å²) in [6.45, 7) is 4.64. The molecule has 0 amide bonds. The first-order valence-corrected chi connectivity index (χ1v) is 10.1. The highest BCUT2D eigenvalue weighted by atomic mass is 16.5. The van der Waals surface area contributed by atoms with E-state index >= 15 is 0 Å². The number of nitrogens with zero attached hydrogens (tertiary/aromatic N) is 2. The molecule has 0 bridgehead atoms. The van der Waals surface area contributed by atoms with Crippen LogP contribution in [0.5, 0.6) is 5.88 Å². The van der Waals surface area contributed by atoms with Gasteiger partial charge in [-0.1, -0.05) is 78.9 Å². The Morgan fingerprint density at radius 1 is 0.931 bits per heavy atom. The van der Waals surface area contributed by atoms with Crippen molar-refractivity contribution in [2.75, 3.05) is 6.54 Å². The fourth-order valence-electron chi connectivity index (χ4n) is 4.10. The molecule has 0 aliphatic carbocycles. The van der Waals surface area contributed by atoms with Crippen LogP contribution in [0.15, 0.2) is 84.9 Å². The monoisotopic (exact) mass is 380 g/mol. The molecule has 1 aromatic heterocycles. The van der Waals surface area contributed by atoms with Gasteiger partial charge in [0.1, 0.15) is 6.10 Å². The van der Waals surface area contributed by atoms with Gasteiger partial charge >= 0.3 is 0 Å². The van der Waals surface area contributed by atoms with Crippen LogP contribution in [0.4, 0.5) is 0 Å². The van der Waals surface area contributed by atoms with Gasteiger partial charge in [0, 0.05) is 30.6 Å².